The van der Waals surface area contributed by atoms with Crippen LogP contribution in [0.2, 0.25) is 5.02 Å². The summed E-state index contributed by atoms with van der Waals surface area (Å²) in [6.45, 7) is 6.88. The van der Waals surface area contributed by atoms with Gasteiger partial charge in [-0.15, -0.1) is 0 Å². The second-order valence-corrected chi connectivity index (χ2v) is 7.51. The van der Waals surface area contributed by atoms with Gasteiger partial charge in [-0.1, -0.05) is 23.7 Å². The predicted octanol–water partition coefficient (Wildman–Crippen LogP) is 1.83. The third-order valence-electron chi connectivity index (χ3n) is 4.13. The summed E-state index contributed by atoms with van der Waals surface area (Å²) in [7, 11) is 0. The van der Waals surface area contributed by atoms with Crippen LogP contribution in [-0.4, -0.2) is 47.8 Å². The van der Waals surface area contributed by atoms with Gasteiger partial charge in [-0.3, -0.25) is 14.4 Å². The molecule has 1 aromatic carbocycles. The van der Waals surface area contributed by atoms with E-state index in [0.29, 0.717) is 30.2 Å². The Morgan fingerprint density at radius 2 is 1.84 bits per heavy atom. The maximum absolute atomic E-state index is 12.2. The normalized spacial score (nSPS) is 17.5. The molecule has 1 saturated heterocycles. The highest BCUT2D eigenvalue weighted by atomic mass is 35.5. The highest BCUT2D eigenvalue weighted by molar-refractivity contribution is 6.33. The van der Waals surface area contributed by atoms with Gasteiger partial charge in [0.1, 0.15) is 0 Å². The molecular formula is C18H24ClN3O3. The molecule has 1 atom stereocenters. The Kier molecular flexibility index (Phi) is 6.06. The molecule has 0 radical (unpaired) electrons. The Balaban J connectivity index is 1.75. The number of hydrogen-bond donors (Lipinski definition) is 2. The summed E-state index contributed by atoms with van der Waals surface area (Å²) in [6, 6.07) is 6.78. The summed E-state index contributed by atoms with van der Waals surface area (Å²) in [6.07, 6.45) is 0.231. The van der Waals surface area contributed by atoms with Gasteiger partial charge in [0.25, 0.3) is 5.91 Å². The number of amides is 3. The molecule has 3 amide bonds. The van der Waals surface area contributed by atoms with Crippen LogP contribution in [0.15, 0.2) is 24.3 Å². The van der Waals surface area contributed by atoms with Gasteiger partial charge in [-0.25, -0.2) is 0 Å². The minimum Gasteiger partial charge on any atom is -0.354 e. The monoisotopic (exact) mass is 365 g/mol. The lowest BCUT2D eigenvalue weighted by Gasteiger charge is -2.31. The first kappa shape index (κ1) is 19.2. The molecule has 2 rings (SSSR count). The smallest absolute Gasteiger partial charge is 0.252 e. The Labute approximate surface area is 152 Å². The summed E-state index contributed by atoms with van der Waals surface area (Å²) in [4.78, 5) is 38.0. The number of halogens is 1. The fourth-order valence-corrected chi connectivity index (χ4v) is 3.00. The fraction of sp³-hybridized carbons (Fsp3) is 0.500. The number of nitrogens with zero attached hydrogens (tertiary/aromatic N) is 1. The van der Waals surface area contributed by atoms with Crippen LogP contribution >= 0.6 is 11.6 Å². The standard InChI is InChI=1S/C18H24ClN3O3/c1-18(2,3)22-11-12(10-15(22)23)16(24)20-8-9-21-17(25)13-6-4-5-7-14(13)19/h4-7,12H,8-11H2,1-3H3,(H,20,24)(H,21,25). The lowest BCUT2D eigenvalue weighted by molar-refractivity contribution is -0.132. The lowest BCUT2D eigenvalue weighted by atomic mass is 10.1. The molecular weight excluding hydrogens is 342 g/mol. The highest BCUT2D eigenvalue weighted by Crippen LogP contribution is 2.25. The third-order valence-corrected chi connectivity index (χ3v) is 4.46. The largest absolute Gasteiger partial charge is 0.354 e. The zero-order valence-electron chi connectivity index (χ0n) is 14.8. The molecule has 0 aromatic heterocycles. The molecule has 6 nitrogen and oxygen atoms in total. The molecule has 0 aliphatic carbocycles. The van der Waals surface area contributed by atoms with E-state index >= 15 is 0 Å². The molecule has 136 valence electrons. The summed E-state index contributed by atoms with van der Waals surface area (Å²) in [5, 5.41) is 5.87. The predicted molar refractivity (Wildman–Crippen MR) is 96.4 cm³/mol. The molecule has 1 aliphatic rings. The van der Waals surface area contributed by atoms with Crippen LogP contribution in [0.25, 0.3) is 0 Å². The molecule has 1 aromatic rings. The van der Waals surface area contributed by atoms with Crippen LogP contribution in [-0.2, 0) is 9.59 Å². The molecule has 1 fully saturated rings. The maximum atomic E-state index is 12.2. The van der Waals surface area contributed by atoms with Crippen molar-refractivity contribution in [2.24, 2.45) is 5.92 Å². The lowest BCUT2D eigenvalue weighted by Crippen LogP contribution is -2.43. The van der Waals surface area contributed by atoms with E-state index in [1.54, 1.807) is 29.2 Å². The average molecular weight is 366 g/mol. The summed E-state index contributed by atoms with van der Waals surface area (Å²) in [5.41, 5.74) is 0.118. The van der Waals surface area contributed by atoms with Crippen LogP contribution < -0.4 is 10.6 Å². The van der Waals surface area contributed by atoms with Gasteiger partial charge in [0.2, 0.25) is 11.8 Å². The highest BCUT2D eigenvalue weighted by Gasteiger charge is 2.39. The third kappa shape index (κ3) is 4.95. The van der Waals surface area contributed by atoms with Crippen molar-refractivity contribution in [1.29, 1.82) is 0 Å². The Hall–Kier alpha value is -2.08. The van der Waals surface area contributed by atoms with Crippen LogP contribution in [0, 0.1) is 5.92 Å². The minimum absolute atomic E-state index is 0.000303. The molecule has 1 unspecified atom stereocenters. The number of likely N-dealkylation sites (tertiary alicyclic amines) is 1. The molecule has 1 aliphatic heterocycles. The van der Waals surface area contributed by atoms with Crippen molar-refractivity contribution in [2.45, 2.75) is 32.7 Å². The van der Waals surface area contributed by atoms with E-state index in [-0.39, 0.29) is 35.6 Å². The summed E-state index contributed by atoms with van der Waals surface area (Å²) in [5.74, 6) is -0.785. The molecule has 0 spiro atoms. The SMILES string of the molecule is CC(C)(C)N1CC(C(=O)NCCNC(=O)c2ccccc2Cl)CC1=O. The average Bonchev–Trinajstić information content (AvgIpc) is 2.94. The molecule has 25 heavy (non-hydrogen) atoms. The molecule has 2 N–H and O–H groups in total. The minimum atomic E-state index is -0.342. The van der Waals surface area contributed by atoms with E-state index in [2.05, 4.69) is 10.6 Å². The first-order valence-corrected chi connectivity index (χ1v) is 8.69. The topological polar surface area (TPSA) is 78.5 Å². The van der Waals surface area contributed by atoms with Gasteiger partial charge >= 0.3 is 0 Å². The van der Waals surface area contributed by atoms with Gasteiger partial charge in [0.15, 0.2) is 0 Å². The number of benzene rings is 1. The number of hydrogen-bond acceptors (Lipinski definition) is 3. The van der Waals surface area contributed by atoms with E-state index in [9.17, 15) is 14.4 Å². The van der Waals surface area contributed by atoms with Crippen molar-refractivity contribution in [1.82, 2.24) is 15.5 Å². The van der Waals surface area contributed by atoms with Gasteiger partial charge in [-0.2, -0.15) is 0 Å². The second-order valence-electron chi connectivity index (χ2n) is 7.10. The van der Waals surface area contributed by atoms with Crippen molar-refractivity contribution < 1.29 is 14.4 Å². The maximum Gasteiger partial charge on any atom is 0.252 e. The molecule has 0 bridgehead atoms. The first-order valence-electron chi connectivity index (χ1n) is 8.31. The van der Waals surface area contributed by atoms with Crippen LogP contribution in [0.4, 0.5) is 0 Å². The van der Waals surface area contributed by atoms with Gasteiger partial charge < -0.3 is 15.5 Å². The van der Waals surface area contributed by atoms with Crippen LogP contribution in [0.1, 0.15) is 37.6 Å². The van der Waals surface area contributed by atoms with Crippen LogP contribution in [0.3, 0.4) is 0 Å². The van der Waals surface area contributed by atoms with Crippen molar-refractivity contribution >= 4 is 29.3 Å². The fourth-order valence-electron chi connectivity index (χ4n) is 2.78. The number of carbonyl (C=O) groups is 3. The van der Waals surface area contributed by atoms with Crippen molar-refractivity contribution in [3.05, 3.63) is 34.9 Å². The van der Waals surface area contributed by atoms with E-state index in [1.165, 1.54) is 0 Å². The molecule has 0 saturated carbocycles. The van der Waals surface area contributed by atoms with Gasteiger partial charge in [0, 0.05) is 31.6 Å². The second kappa shape index (κ2) is 7.87. The van der Waals surface area contributed by atoms with Crippen molar-refractivity contribution in [3.63, 3.8) is 0 Å². The summed E-state index contributed by atoms with van der Waals surface area (Å²) >= 11 is 5.97. The number of rotatable bonds is 5. The molecule has 1 heterocycles. The van der Waals surface area contributed by atoms with Gasteiger partial charge in [-0.05, 0) is 32.9 Å². The Morgan fingerprint density at radius 3 is 2.44 bits per heavy atom. The zero-order valence-corrected chi connectivity index (χ0v) is 15.5. The first-order chi connectivity index (χ1) is 11.7. The van der Waals surface area contributed by atoms with E-state index in [0.717, 1.165) is 0 Å². The van der Waals surface area contributed by atoms with Crippen molar-refractivity contribution in [3.8, 4) is 0 Å². The van der Waals surface area contributed by atoms with Crippen molar-refractivity contribution in [2.75, 3.05) is 19.6 Å². The Bertz CT molecular complexity index is 670. The summed E-state index contributed by atoms with van der Waals surface area (Å²) < 4.78 is 0. The van der Waals surface area contributed by atoms with E-state index in [1.807, 2.05) is 20.8 Å². The number of nitrogens with one attached hydrogen (secondary N) is 2. The van der Waals surface area contributed by atoms with Crippen LogP contribution in [0.5, 0.6) is 0 Å². The quantitative estimate of drug-likeness (QED) is 0.781. The Morgan fingerprint density at radius 1 is 1.20 bits per heavy atom. The number of carbonyl (C=O) groups excluding carboxylic acids is 3. The van der Waals surface area contributed by atoms with Gasteiger partial charge in [0.05, 0.1) is 16.5 Å². The zero-order chi connectivity index (χ0) is 18.6. The van der Waals surface area contributed by atoms with E-state index < -0.39 is 0 Å². The molecule has 7 heteroatoms. The van der Waals surface area contributed by atoms with E-state index in [4.69, 9.17) is 11.6 Å².